The van der Waals surface area contributed by atoms with Crippen LogP contribution in [-0.4, -0.2) is 48.0 Å². The van der Waals surface area contributed by atoms with Gasteiger partial charge in [-0.2, -0.15) is 0 Å². The third-order valence-corrected chi connectivity index (χ3v) is 3.71. The Labute approximate surface area is 145 Å². The van der Waals surface area contributed by atoms with Crippen molar-refractivity contribution >= 4 is 36.5 Å². The minimum Gasteiger partial charge on any atom is -0.357 e. The van der Waals surface area contributed by atoms with Gasteiger partial charge in [0.05, 0.1) is 5.56 Å². The Kier molecular flexibility index (Phi) is 9.41. The number of nitrogens with zero attached hydrogens (tertiary/aromatic N) is 3. The van der Waals surface area contributed by atoms with E-state index in [2.05, 4.69) is 23.7 Å². The molecule has 1 fully saturated rings. The van der Waals surface area contributed by atoms with E-state index < -0.39 is 0 Å². The smallest absolute Gasteiger partial charge is 0.255 e. The summed E-state index contributed by atoms with van der Waals surface area (Å²) in [7, 11) is 0. The molecular formula is C15H26Cl2N4O. The van der Waals surface area contributed by atoms with Gasteiger partial charge in [-0.15, -0.1) is 24.8 Å². The number of hydrogen-bond acceptors (Lipinski definition) is 4. The molecule has 7 heteroatoms. The lowest BCUT2D eigenvalue weighted by atomic mass is 10.2. The van der Waals surface area contributed by atoms with Gasteiger partial charge in [0.2, 0.25) is 0 Å². The number of carbonyl (C=O) groups is 1. The first-order valence-corrected chi connectivity index (χ1v) is 7.41. The largest absolute Gasteiger partial charge is 0.357 e. The lowest BCUT2D eigenvalue weighted by Gasteiger charge is -2.21. The highest BCUT2D eigenvalue weighted by atomic mass is 35.5. The number of nitrogens with two attached hydrogens (primary N) is 1. The standard InChI is InChI=1S/C15H24N4O.2ClH/c1-3-8-18(4-2)14-6-5-12(10-17-14)15(20)19-9-7-13(16)11-19;;/h5-6,10,13H,3-4,7-9,11,16H2,1-2H3;2*1H/t13-;;/m1../s1. The summed E-state index contributed by atoms with van der Waals surface area (Å²) in [4.78, 5) is 20.7. The number of aromatic nitrogens is 1. The van der Waals surface area contributed by atoms with Crippen molar-refractivity contribution in [2.24, 2.45) is 5.73 Å². The molecule has 0 radical (unpaired) electrons. The number of halogens is 2. The van der Waals surface area contributed by atoms with Crippen molar-refractivity contribution in [3.05, 3.63) is 23.9 Å². The van der Waals surface area contributed by atoms with Crippen molar-refractivity contribution in [3.8, 4) is 0 Å². The van der Waals surface area contributed by atoms with Crippen LogP contribution in [0.3, 0.4) is 0 Å². The van der Waals surface area contributed by atoms with Gasteiger partial charge in [0.15, 0.2) is 0 Å². The minimum atomic E-state index is 0. The summed E-state index contributed by atoms with van der Waals surface area (Å²) in [5, 5.41) is 0. The van der Waals surface area contributed by atoms with Crippen LogP contribution < -0.4 is 10.6 Å². The van der Waals surface area contributed by atoms with Gasteiger partial charge in [-0.1, -0.05) is 6.92 Å². The fourth-order valence-corrected chi connectivity index (χ4v) is 2.56. The maximum absolute atomic E-state index is 12.3. The van der Waals surface area contributed by atoms with E-state index in [0.29, 0.717) is 12.1 Å². The zero-order valence-corrected chi connectivity index (χ0v) is 14.8. The van der Waals surface area contributed by atoms with Crippen molar-refractivity contribution in [1.82, 2.24) is 9.88 Å². The molecule has 1 aliphatic rings. The molecule has 2 rings (SSSR count). The van der Waals surface area contributed by atoms with E-state index in [-0.39, 0.29) is 36.8 Å². The molecule has 1 amide bonds. The van der Waals surface area contributed by atoms with Gasteiger partial charge in [0.1, 0.15) is 5.82 Å². The Morgan fingerprint density at radius 3 is 2.59 bits per heavy atom. The topological polar surface area (TPSA) is 62.5 Å². The van der Waals surface area contributed by atoms with Crippen LogP contribution in [-0.2, 0) is 0 Å². The molecule has 1 aliphatic heterocycles. The van der Waals surface area contributed by atoms with E-state index in [0.717, 1.165) is 38.3 Å². The molecule has 1 saturated heterocycles. The third kappa shape index (κ3) is 5.00. The Morgan fingerprint density at radius 2 is 2.14 bits per heavy atom. The summed E-state index contributed by atoms with van der Waals surface area (Å²) in [5.74, 6) is 0.972. The molecule has 0 aromatic carbocycles. The average Bonchev–Trinajstić information content (AvgIpc) is 2.91. The van der Waals surface area contributed by atoms with Crippen LogP contribution >= 0.6 is 24.8 Å². The molecule has 1 atom stereocenters. The molecule has 0 unspecified atom stereocenters. The SMILES string of the molecule is CCCN(CC)c1ccc(C(=O)N2CC[C@@H](N)C2)cn1.Cl.Cl. The van der Waals surface area contributed by atoms with E-state index in [1.54, 1.807) is 6.20 Å². The molecule has 0 spiro atoms. The second kappa shape index (κ2) is 9.87. The zero-order chi connectivity index (χ0) is 14.5. The lowest BCUT2D eigenvalue weighted by molar-refractivity contribution is 0.0790. The van der Waals surface area contributed by atoms with Crippen LogP contribution in [0.5, 0.6) is 0 Å². The third-order valence-electron chi connectivity index (χ3n) is 3.71. The van der Waals surface area contributed by atoms with Gasteiger partial charge in [-0.3, -0.25) is 4.79 Å². The second-order valence-electron chi connectivity index (χ2n) is 5.28. The summed E-state index contributed by atoms with van der Waals surface area (Å²) in [6.07, 6.45) is 3.65. The monoisotopic (exact) mass is 348 g/mol. The zero-order valence-electron chi connectivity index (χ0n) is 13.2. The van der Waals surface area contributed by atoms with Crippen molar-refractivity contribution in [1.29, 1.82) is 0 Å². The highest BCUT2D eigenvalue weighted by Crippen LogP contribution is 2.15. The van der Waals surface area contributed by atoms with Crippen LogP contribution in [0, 0.1) is 0 Å². The second-order valence-corrected chi connectivity index (χ2v) is 5.28. The maximum atomic E-state index is 12.3. The number of rotatable bonds is 5. The first-order chi connectivity index (χ1) is 9.65. The van der Waals surface area contributed by atoms with Crippen LogP contribution in [0.2, 0.25) is 0 Å². The average molecular weight is 349 g/mol. The Balaban J connectivity index is 0.00000220. The van der Waals surface area contributed by atoms with Gasteiger partial charge in [0.25, 0.3) is 5.91 Å². The van der Waals surface area contributed by atoms with Crippen molar-refractivity contribution in [2.45, 2.75) is 32.7 Å². The van der Waals surface area contributed by atoms with Gasteiger partial charge < -0.3 is 15.5 Å². The Bertz CT molecular complexity index is 455. The molecule has 2 heterocycles. The Morgan fingerprint density at radius 1 is 1.41 bits per heavy atom. The number of likely N-dealkylation sites (tertiary alicyclic amines) is 1. The summed E-state index contributed by atoms with van der Waals surface area (Å²) in [6.45, 7) is 7.57. The van der Waals surface area contributed by atoms with Crippen molar-refractivity contribution in [3.63, 3.8) is 0 Å². The van der Waals surface area contributed by atoms with Crippen LogP contribution in [0.4, 0.5) is 5.82 Å². The molecule has 0 bridgehead atoms. The lowest BCUT2D eigenvalue weighted by Crippen LogP contribution is -2.32. The van der Waals surface area contributed by atoms with Gasteiger partial charge >= 0.3 is 0 Å². The number of hydrogen-bond donors (Lipinski definition) is 1. The predicted molar refractivity (Wildman–Crippen MR) is 95.4 cm³/mol. The van der Waals surface area contributed by atoms with Gasteiger partial charge in [-0.05, 0) is 31.9 Å². The van der Waals surface area contributed by atoms with Crippen LogP contribution in [0.1, 0.15) is 37.0 Å². The van der Waals surface area contributed by atoms with E-state index in [9.17, 15) is 4.79 Å². The molecule has 1 aromatic heterocycles. The fraction of sp³-hybridized carbons (Fsp3) is 0.600. The summed E-state index contributed by atoms with van der Waals surface area (Å²) in [6, 6.07) is 3.92. The molecule has 0 saturated carbocycles. The van der Waals surface area contributed by atoms with Gasteiger partial charge in [0, 0.05) is 38.4 Å². The number of amides is 1. The first kappa shape index (κ1) is 21.0. The summed E-state index contributed by atoms with van der Waals surface area (Å²) >= 11 is 0. The van der Waals surface area contributed by atoms with Crippen LogP contribution in [0.15, 0.2) is 18.3 Å². The Hall–Kier alpha value is -1.04. The van der Waals surface area contributed by atoms with Crippen LogP contribution in [0.25, 0.3) is 0 Å². The van der Waals surface area contributed by atoms with E-state index in [1.165, 1.54) is 0 Å². The number of pyridine rings is 1. The maximum Gasteiger partial charge on any atom is 0.255 e. The molecule has 22 heavy (non-hydrogen) atoms. The number of anilines is 1. The van der Waals surface area contributed by atoms with Crippen molar-refractivity contribution in [2.75, 3.05) is 31.1 Å². The molecular weight excluding hydrogens is 323 g/mol. The highest BCUT2D eigenvalue weighted by molar-refractivity contribution is 5.94. The summed E-state index contributed by atoms with van der Waals surface area (Å²) in [5.41, 5.74) is 6.49. The molecule has 126 valence electrons. The molecule has 0 aliphatic carbocycles. The van der Waals surface area contributed by atoms with Gasteiger partial charge in [-0.25, -0.2) is 4.98 Å². The molecule has 1 aromatic rings. The van der Waals surface area contributed by atoms with E-state index >= 15 is 0 Å². The quantitative estimate of drug-likeness (QED) is 0.886. The van der Waals surface area contributed by atoms with Crippen molar-refractivity contribution < 1.29 is 4.79 Å². The summed E-state index contributed by atoms with van der Waals surface area (Å²) < 4.78 is 0. The first-order valence-electron chi connectivity index (χ1n) is 7.41. The van der Waals surface area contributed by atoms with E-state index in [4.69, 9.17) is 5.73 Å². The fourth-order valence-electron chi connectivity index (χ4n) is 2.56. The normalized spacial score (nSPS) is 16.7. The predicted octanol–water partition coefficient (Wildman–Crippen LogP) is 2.33. The minimum absolute atomic E-state index is 0. The number of carbonyl (C=O) groups excluding carboxylic acids is 1. The highest BCUT2D eigenvalue weighted by Gasteiger charge is 2.24. The van der Waals surface area contributed by atoms with E-state index in [1.807, 2.05) is 17.0 Å². The molecule has 2 N–H and O–H groups in total. The molecule has 5 nitrogen and oxygen atoms in total.